The molecule has 8 heteroatoms. The van der Waals surface area contributed by atoms with E-state index in [2.05, 4.69) is 6.58 Å². The van der Waals surface area contributed by atoms with Crippen LogP contribution in [0, 0.1) is 17.8 Å². The van der Waals surface area contributed by atoms with Crippen molar-refractivity contribution in [3.8, 4) is 0 Å². The van der Waals surface area contributed by atoms with Crippen LogP contribution >= 0.6 is 11.8 Å². The van der Waals surface area contributed by atoms with Gasteiger partial charge >= 0.3 is 5.97 Å². The third-order valence-corrected chi connectivity index (χ3v) is 10.0. The highest BCUT2D eigenvalue weighted by atomic mass is 32.2. The van der Waals surface area contributed by atoms with Crippen molar-refractivity contribution in [1.29, 1.82) is 0 Å². The van der Waals surface area contributed by atoms with Crippen LogP contribution < -0.4 is 4.90 Å². The second-order valence-electron chi connectivity index (χ2n) is 9.77. The Morgan fingerprint density at radius 3 is 2.69 bits per heavy atom. The van der Waals surface area contributed by atoms with Crippen molar-refractivity contribution < 1.29 is 24.6 Å². The van der Waals surface area contributed by atoms with Crippen LogP contribution in [0.5, 0.6) is 0 Å². The van der Waals surface area contributed by atoms with Gasteiger partial charge in [-0.25, -0.2) is 0 Å². The Labute approximate surface area is 208 Å². The number of hydrogen-bond donors (Lipinski definition) is 2. The number of aliphatic hydroxyl groups excluding tert-OH is 1. The fraction of sp³-hybridized carbons (Fsp3) is 0.444. The van der Waals surface area contributed by atoms with Gasteiger partial charge in [0.25, 0.3) is 5.91 Å². The van der Waals surface area contributed by atoms with Crippen molar-refractivity contribution in [2.24, 2.45) is 17.8 Å². The third-order valence-electron chi connectivity index (χ3n) is 7.94. The van der Waals surface area contributed by atoms with Crippen molar-refractivity contribution in [3.63, 3.8) is 0 Å². The molecule has 0 aromatic heterocycles. The third kappa shape index (κ3) is 3.49. The molecular weight excluding hydrogens is 464 g/mol. The van der Waals surface area contributed by atoms with Gasteiger partial charge in [0, 0.05) is 30.6 Å². The van der Waals surface area contributed by atoms with Gasteiger partial charge < -0.3 is 20.0 Å². The number of thioether (sulfide) groups is 1. The number of carboxylic acids is 1. The predicted octanol–water partition coefficient (Wildman–Crippen LogP) is 3.16. The first kappa shape index (κ1) is 23.9. The number of benzene rings is 2. The lowest BCUT2D eigenvalue weighted by molar-refractivity contribution is -0.149. The summed E-state index contributed by atoms with van der Waals surface area (Å²) in [5.41, 5.74) is 0.711. The summed E-state index contributed by atoms with van der Waals surface area (Å²) in [7, 11) is 0. The number of carbonyl (C=O) groups is 3. The molecule has 7 nitrogen and oxygen atoms in total. The summed E-state index contributed by atoms with van der Waals surface area (Å²) in [5, 5.41) is 21.4. The minimum atomic E-state index is -0.970. The Bertz CT molecular complexity index is 1200. The number of carboxylic acid groups (broad SMARTS) is 1. The van der Waals surface area contributed by atoms with Gasteiger partial charge in [0.15, 0.2) is 0 Å². The fourth-order valence-electron chi connectivity index (χ4n) is 6.51. The van der Waals surface area contributed by atoms with Gasteiger partial charge in [0.1, 0.15) is 6.04 Å². The Balaban J connectivity index is 1.60. The maximum atomic E-state index is 14.4. The molecule has 0 aliphatic carbocycles. The number of carbonyl (C=O) groups excluding carboxylic acids is 2. The van der Waals surface area contributed by atoms with Crippen molar-refractivity contribution in [2.75, 3.05) is 24.6 Å². The van der Waals surface area contributed by atoms with E-state index < -0.39 is 28.6 Å². The largest absolute Gasteiger partial charge is 0.481 e. The quantitative estimate of drug-likeness (QED) is 0.547. The average molecular weight is 495 g/mol. The summed E-state index contributed by atoms with van der Waals surface area (Å²) in [6.07, 6.45) is 2.66. The summed E-state index contributed by atoms with van der Waals surface area (Å²) >= 11 is 1.53. The normalized spacial score (nSPS) is 31.1. The first-order chi connectivity index (χ1) is 16.8. The van der Waals surface area contributed by atoms with Crippen LogP contribution in [0.2, 0.25) is 0 Å². The van der Waals surface area contributed by atoms with Crippen LogP contribution in [0.25, 0.3) is 10.8 Å². The molecule has 2 aromatic rings. The van der Waals surface area contributed by atoms with Gasteiger partial charge in [-0.3, -0.25) is 14.4 Å². The molecule has 3 aliphatic heterocycles. The topological polar surface area (TPSA) is 98.2 Å². The molecule has 6 atom stereocenters. The van der Waals surface area contributed by atoms with Gasteiger partial charge in [-0.1, -0.05) is 43.3 Å². The molecule has 3 unspecified atom stereocenters. The summed E-state index contributed by atoms with van der Waals surface area (Å²) in [6.45, 7) is 6.26. The van der Waals surface area contributed by atoms with E-state index >= 15 is 0 Å². The molecule has 0 radical (unpaired) electrons. The summed E-state index contributed by atoms with van der Waals surface area (Å²) in [6, 6.07) is 12.9. The van der Waals surface area contributed by atoms with E-state index in [1.807, 2.05) is 49.4 Å². The summed E-state index contributed by atoms with van der Waals surface area (Å²) in [4.78, 5) is 43.6. The molecular formula is C27H30N2O5S. The number of amides is 2. The lowest BCUT2D eigenvalue weighted by Gasteiger charge is -2.40. The summed E-state index contributed by atoms with van der Waals surface area (Å²) < 4.78 is -0.798. The number of likely N-dealkylation sites (tertiary alicyclic amines) is 1. The van der Waals surface area contributed by atoms with Gasteiger partial charge in [-0.05, 0) is 41.7 Å². The number of fused-ring (bicyclic) bond motifs is 2. The molecule has 184 valence electrons. The SMILES string of the molecule is C=CCN(C(=O)C1N(CCCO)C(=O)[C@@H]2[C@@H](C(=O)O)[C@H]3CC(C)C12S3)c1ccc2ccccc2c1. The Morgan fingerprint density at radius 1 is 1.26 bits per heavy atom. The van der Waals surface area contributed by atoms with Crippen LogP contribution in [0.1, 0.15) is 19.8 Å². The van der Waals surface area contributed by atoms with Gasteiger partial charge in [-0.15, -0.1) is 18.3 Å². The van der Waals surface area contributed by atoms with Crippen molar-refractivity contribution in [1.82, 2.24) is 4.90 Å². The van der Waals surface area contributed by atoms with Gasteiger partial charge in [0.2, 0.25) is 5.91 Å². The number of nitrogens with zero attached hydrogens (tertiary/aromatic N) is 2. The van der Waals surface area contributed by atoms with Gasteiger partial charge in [-0.2, -0.15) is 0 Å². The maximum absolute atomic E-state index is 14.4. The number of aliphatic carboxylic acids is 1. The zero-order valence-electron chi connectivity index (χ0n) is 19.7. The molecule has 35 heavy (non-hydrogen) atoms. The molecule has 2 amide bonds. The van der Waals surface area contributed by atoms with Crippen LogP contribution in [0.3, 0.4) is 0 Å². The molecule has 3 heterocycles. The van der Waals surface area contributed by atoms with E-state index in [1.165, 1.54) is 11.8 Å². The molecule has 3 saturated heterocycles. The fourth-order valence-corrected chi connectivity index (χ4v) is 8.92. The molecule has 0 saturated carbocycles. The van der Waals surface area contributed by atoms with Crippen LogP contribution in [0.15, 0.2) is 55.1 Å². The van der Waals surface area contributed by atoms with Crippen LogP contribution in [-0.2, 0) is 14.4 Å². The molecule has 3 aliphatic rings. The monoisotopic (exact) mass is 494 g/mol. The number of hydrogen-bond acceptors (Lipinski definition) is 5. The average Bonchev–Trinajstić information content (AvgIpc) is 3.44. The second kappa shape index (κ2) is 8.99. The smallest absolute Gasteiger partial charge is 0.308 e. The van der Waals surface area contributed by atoms with Crippen LogP contribution in [-0.4, -0.2) is 68.6 Å². The lowest BCUT2D eigenvalue weighted by atomic mass is 9.66. The highest BCUT2D eigenvalue weighted by Crippen LogP contribution is 2.68. The standard InChI is InChI=1S/C27H30N2O5S/c1-3-11-28(19-10-9-17-7-4-5-8-18(17)15-19)25(32)23-27-16(2)14-20(35-27)21(26(33)34)22(27)24(31)29(23)12-6-13-30/h3-5,7-10,15-16,20-23,30H,1,6,11-14H2,2H3,(H,33,34)/t16?,20-,21+,22+,23?,27?/m1/s1. The Hall–Kier alpha value is -2.84. The maximum Gasteiger partial charge on any atom is 0.308 e. The minimum absolute atomic E-state index is 0.0114. The summed E-state index contributed by atoms with van der Waals surface area (Å²) in [5.74, 6) is -3.00. The van der Waals surface area contributed by atoms with Crippen molar-refractivity contribution in [3.05, 3.63) is 55.1 Å². The van der Waals surface area contributed by atoms with E-state index in [4.69, 9.17) is 0 Å². The zero-order chi connectivity index (χ0) is 24.9. The molecule has 2 aromatic carbocycles. The minimum Gasteiger partial charge on any atom is -0.481 e. The number of anilines is 1. The van der Waals surface area contributed by atoms with Crippen molar-refractivity contribution >= 4 is 46.0 Å². The Morgan fingerprint density at radius 2 is 2.00 bits per heavy atom. The van der Waals surface area contributed by atoms with Crippen molar-refractivity contribution in [2.45, 2.75) is 35.8 Å². The number of aliphatic hydroxyl groups is 1. The number of rotatable bonds is 8. The van der Waals surface area contributed by atoms with E-state index in [0.29, 0.717) is 18.5 Å². The molecule has 3 fully saturated rings. The second-order valence-corrected chi connectivity index (χ2v) is 11.3. The molecule has 5 rings (SSSR count). The first-order valence-corrected chi connectivity index (χ1v) is 13.0. The van der Waals surface area contributed by atoms with E-state index in [1.54, 1.807) is 15.9 Å². The highest BCUT2D eigenvalue weighted by molar-refractivity contribution is 8.02. The Kier molecular flexibility index (Phi) is 6.13. The van der Waals surface area contributed by atoms with E-state index in [0.717, 1.165) is 10.8 Å². The van der Waals surface area contributed by atoms with Crippen LogP contribution in [0.4, 0.5) is 5.69 Å². The molecule has 1 spiro atoms. The highest BCUT2D eigenvalue weighted by Gasteiger charge is 2.76. The van der Waals surface area contributed by atoms with E-state index in [-0.39, 0.29) is 42.7 Å². The molecule has 2 N–H and O–H groups in total. The first-order valence-electron chi connectivity index (χ1n) is 12.1. The molecule has 2 bridgehead atoms. The van der Waals surface area contributed by atoms with Gasteiger partial charge in [0.05, 0.1) is 16.6 Å². The van der Waals surface area contributed by atoms with E-state index in [9.17, 15) is 24.6 Å². The predicted molar refractivity (Wildman–Crippen MR) is 136 cm³/mol. The lowest BCUT2D eigenvalue weighted by Crippen LogP contribution is -2.57. The zero-order valence-corrected chi connectivity index (χ0v) is 20.5.